The second-order valence-corrected chi connectivity index (χ2v) is 7.38. The number of thioether (sulfide) groups is 1. The van der Waals surface area contributed by atoms with Crippen LogP contribution in [0.15, 0.2) is 65.2 Å². The van der Waals surface area contributed by atoms with E-state index in [0.29, 0.717) is 24.5 Å². The summed E-state index contributed by atoms with van der Waals surface area (Å²) in [5, 5.41) is 10.6. The van der Waals surface area contributed by atoms with E-state index in [2.05, 4.69) is 11.0 Å². The van der Waals surface area contributed by atoms with Crippen molar-refractivity contribution in [2.45, 2.75) is 12.3 Å². The SMILES string of the molecule is COc1ccccc1N1CSC2=C(C#N)[C@@H](c3ccccc3)CC(=O)N2C1. The number of hydrogen-bond donors (Lipinski definition) is 0. The first-order valence-electron chi connectivity index (χ1n) is 8.73. The zero-order chi connectivity index (χ0) is 18.8. The minimum atomic E-state index is -0.166. The molecule has 0 bridgehead atoms. The zero-order valence-corrected chi connectivity index (χ0v) is 15.8. The van der Waals surface area contributed by atoms with Crippen LogP contribution in [0.3, 0.4) is 0 Å². The highest BCUT2D eigenvalue weighted by Crippen LogP contribution is 2.44. The molecule has 0 saturated carbocycles. The lowest BCUT2D eigenvalue weighted by Crippen LogP contribution is -2.47. The summed E-state index contributed by atoms with van der Waals surface area (Å²) in [4.78, 5) is 16.8. The Labute approximate surface area is 162 Å². The van der Waals surface area contributed by atoms with Crippen molar-refractivity contribution in [2.75, 3.05) is 24.6 Å². The molecule has 2 heterocycles. The molecule has 6 heteroatoms. The van der Waals surface area contributed by atoms with Gasteiger partial charge >= 0.3 is 0 Å². The first-order valence-corrected chi connectivity index (χ1v) is 9.72. The molecule has 4 rings (SSSR count). The summed E-state index contributed by atoms with van der Waals surface area (Å²) in [5.41, 5.74) is 2.65. The van der Waals surface area contributed by atoms with Crippen LogP contribution in [0.25, 0.3) is 0 Å². The van der Waals surface area contributed by atoms with Crippen LogP contribution in [0.4, 0.5) is 5.69 Å². The maximum Gasteiger partial charge on any atom is 0.229 e. The van der Waals surface area contributed by atoms with Crippen LogP contribution in [-0.2, 0) is 4.79 Å². The molecule has 0 N–H and O–H groups in total. The molecule has 136 valence electrons. The molecular weight excluding hydrogens is 358 g/mol. The Kier molecular flexibility index (Phi) is 4.78. The van der Waals surface area contributed by atoms with E-state index in [4.69, 9.17) is 4.74 Å². The summed E-state index contributed by atoms with van der Waals surface area (Å²) in [6.07, 6.45) is 0.316. The number of nitriles is 1. The Morgan fingerprint density at radius 2 is 1.89 bits per heavy atom. The number of para-hydroxylation sites is 2. The lowest BCUT2D eigenvalue weighted by molar-refractivity contribution is -0.129. The van der Waals surface area contributed by atoms with E-state index in [0.717, 1.165) is 22.0 Å². The monoisotopic (exact) mass is 377 g/mol. The molecule has 1 amide bonds. The van der Waals surface area contributed by atoms with E-state index >= 15 is 0 Å². The van der Waals surface area contributed by atoms with Crippen LogP contribution >= 0.6 is 11.8 Å². The number of amides is 1. The zero-order valence-electron chi connectivity index (χ0n) is 15.0. The molecule has 0 spiro atoms. The molecule has 2 aromatic rings. The van der Waals surface area contributed by atoms with Gasteiger partial charge in [-0.1, -0.05) is 54.2 Å². The number of hydrogen-bond acceptors (Lipinski definition) is 5. The topological polar surface area (TPSA) is 56.6 Å². The predicted octanol–water partition coefficient (Wildman–Crippen LogP) is 3.91. The minimum Gasteiger partial charge on any atom is -0.495 e. The normalized spacial score (nSPS) is 19.6. The van der Waals surface area contributed by atoms with E-state index in [-0.39, 0.29) is 11.8 Å². The number of rotatable bonds is 3. The number of methoxy groups -OCH3 is 1. The number of carbonyl (C=O) groups is 1. The van der Waals surface area contributed by atoms with Crippen LogP contribution in [0.5, 0.6) is 5.75 Å². The van der Waals surface area contributed by atoms with Gasteiger partial charge in [0.1, 0.15) is 5.75 Å². The molecule has 2 aromatic carbocycles. The highest BCUT2D eigenvalue weighted by Gasteiger charge is 2.38. The maximum atomic E-state index is 12.9. The molecule has 1 fully saturated rings. The minimum absolute atomic E-state index is 0.0463. The number of benzene rings is 2. The number of carbonyl (C=O) groups excluding carboxylic acids is 1. The Morgan fingerprint density at radius 1 is 1.15 bits per heavy atom. The maximum absolute atomic E-state index is 12.9. The fourth-order valence-electron chi connectivity index (χ4n) is 3.58. The van der Waals surface area contributed by atoms with Crippen LogP contribution in [-0.4, -0.2) is 30.5 Å². The molecule has 0 unspecified atom stereocenters. The van der Waals surface area contributed by atoms with Crippen LogP contribution in [0.1, 0.15) is 17.9 Å². The van der Waals surface area contributed by atoms with Crippen LogP contribution in [0.2, 0.25) is 0 Å². The van der Waals surface area contributed by atoms with Gasteiger partial charge in [-0.3, -0.25) is 9.69 Å². The molecule has 0 aliphatic carbocycles. The van der Waals surface area contributed by atoms with Gasteiger partial charge in [-0.15, -0.1) is 0 Å². The summed E-state index contributed by atoms with van der Waals surface area (Å²) < 4.78 is 5.46. The van der Waals surface area contributed by atoms with Crippen molar-refractivity contribution in [2.24, 2.45) is 0 Å². The molecule has 0 radical (unpaired) electrons. The number of fused-ring (bicyclic) bond motifs is 1. The number of nitrogens with zero attached hydrogens (tertiary/aromatic N) is 3. The molecule has 1 saturated heterocycles. The third-order valence-electron chi connectivity index (χ3n) is 4.92. The molecule has 2 aliphatic rings. The Balaban J connectivity index is 1.68. The fourth-order valence-corrected chi connectivity index (χ4v) is 4.73. The first-order chi connectivity index (χ1) is 13.2. The second-order valence-electron chi connectivity index (χ2n) is 6.45. The average molecular weight is 377 g/mol. The molecule has 1 atom stereocenters. The lowest BCUT2D eigenvalue weighted by atomic mass is 9.86. The molecule has 2 aliphatic heterocycles. The van der Waals surface area contributed by atoms with Crippen molar-refractivity contribution in [1.82, 2.24) is 4.90 Å². The molecule has 5 nitrogen and oxygen atoms in total. The molecule has 0 aromatic heterocycles. The van der Waals surface area contributed by atoms with Gasteiger partial charge in [-0.25, -0.2) is 0 Å². The second kappa shape index (κ2) is 7.37. The van der Waals surface area contributed by atoms with Gasteiger partial charge in [0.15, 0.2) is 0 Å². The van der Waals surface area contributed by atoms with Crippen molar-refractivity contribution in [3.63, 3.8) is 0 Å². The number of anilines is 1. The Bertz CT molecular complexity index is 936. The van der Waals surface area contributed by atoms with Gasteiger partial charge in [-0.2, -0.15) is 5.26 Å². The van der Waals surface area contributed by atoms with Gasteiger partial charge in [0.05, 0.1) is 42.0 Å². The Hall–Kier alpha value is -2.91. The predicted molar refractivity (Wildman–Crippen MR) is 106 cm³/mol. The summed E-state index contributed by atoms with van der Waals surface area (Å²) in [7, 11) is 1.64. The molecule has 27 heavy (non-hydrogen) atoms. The van der Waals surface area contributed by atoms with Gasteiger partial charge in [0.25, 0.3) is 0 Å². The quantitative estimate of drug-likeness (QED) is 0.812. The van der Waals surface area contributed by atoms with Crippen molar-refractivity contribution < 1.29 is 9.53 Å². The van der Waals surface area contributed by atoms with Gasteiger partial charge in [0.2, 0.25) is 5.91 Å². The van der Waals surface area contributed by atoms with Crippen LogP contribution in [0, 0.1) is 11.3 Å². The van der Waals surface area contributed by atoms with Crippen molar-refractivity contribution >= 4 is 23.4 Å². The average Bonchev–Trinajstić information content (AvgIpc) is 2.74. The summed E-state index contributed by atoms with van der Waals surface area (Å²) in [6.45, 7) is 0.425. The van der Waals surface area contributed by atoms with E-state index in [1.165, 1.54) is 11.8 Å². The Morgan fingerprint density at radius 3 is 2.63 bits per heavy atom. The third-order valence-corrected chi connectivity index (χ3v) is 6.08. The first kappa shape index (κ1) is 17.5. The number of allylic oxidation sites excluding steroid dienone is 1. The van der Waals surface area contributed by atoms with E-state index in [9.17, 15) is 10.1 Å². The van der Waals surface area contributed by atoms with E-state index in [1.807, 2.05) is 54.6 Å². The van der Waals surface area contributed by atoms with E-state index < -0.39 is 0 Å². The van der Waals surface area contributed by atoms with Crippen molar-refractivity contribution in [3.8, 4) is 11.8 Å². The van der Waals surface area contributed by atoms with Crippen LogP contribution < -0.4 is 9.64 Å². The highest BCUT2D eigenvalue weighted by atomic mass is 32.2. The third kappa shape index (κ3) is 3.15. The van der Waals surface area contributed by atoms with Crippen molar-refractivity contribution in [3.05, 3.63) is 70.8 Å². The van der Waals surface area contributed by atoms with E-state index in [1.54, 1.807) is 12.0 Å². The fraction of sp³-hybridized carbons (Fsp3) is 0.238. The summed E-state index contributed by atoms with van der Waals surface area (Å²) in [5.74, 6) is 1.31. The smallest absolute Gasteiger partial charge is 0.229 e. The largest absolute Gasteiger partial charge is 0.495 e. The van der Waals surface area contributed by atoms with Crippen molar-refractivity contribution in [1.29, 1.82) is 5.26 Å². The van der Waals surface area contributed by atoms with Gasteiger partial charge in [-0.05, 0) is 17.7 Å². The standard InChI is InChI=1S/C21H19N3O2S/c1-26-19-10-6-5-9-18(19)23-13-24-20(25)11-16(15-7-3-2-4-8-15)17(12-22)21(24)27-14-23/h2-10,16H,11,13-14H2,1H3/t16-/m1/s1. The van der Waals surface area contributed by atoms with Gasteiger partial charge in [0, 0.05) is 12.3 Å². The van der Waals surface area contributed by atoms with Gasteiger partial charge < -0.3 is 9.64 Å². The lowest BCUT2D eigenvalue weighted by Gasteiger charge is -2.42. The highest BCUT2D eigenvalue weighted by molar-refractivity contribution is 8.03. The summed E-state index contributed by atoms with van der Waals surface area (Å²) >= 11 is 1.54. The number of ether oxygens (including phenoxy) is 1. The summed E-state index contributed by atoms with van der Waals surface area (Å²) in [6, 6.07) is 20.0. The molecular formula is C21H19N3O2S.